The molecule has 10 nitrogen and oxygen atoms in total. The van der Waals surface area contributed by atoms with Gasteiger partial charge in [-0.25, -0.2) is 14.2 Å². The second-order valence-electron chi connectivity index (χ2n) is 7.49. The predicted molar refractivity (Wildman–Crippen MR) is 117 cm³/mol. The summed E-state index contributed by atoms with van der Waals surface area (Å²) in [5.41, 5.74) is 2.09. The topological polar surface area (TPSA) is 133 Å². The Morgan fingerprint density at radius 2 is 2.25 bits per heavy atom. The Kier molecular flexibility index (Phi) is 5.23. The monoisotopic (exact) mass is 457 g/mol. The van der Waals surface area contributed by atoms with Crippen LogP contribution in [0.1, 0.15) is 28.1 Å². The van der Waals surface area contributed by atoms with Crippen LogP contribution in [-0.4, -0.2) is 57.1 Å². The lowest BCUT2D eigenvalue weighted by atomic mass is 10.2. The summed E-state index contributed by atoms with van der Waals surface area (Å²) in [4.78, 5) is 29.6. The van der Waals surface area contributed by atoms with Gasteiger partial charge in [0.1, 0.15) is 12.5 Å². The lowest BCUT2D eigenvalue weighted by Crippen LogP contribution is -2.25. The molecule has 2 fully saturated rings. The Bertz CT molecular complexity index is 1230. The number of anilines is 1. The first kappa shape index (κ1) is 20.4. The minimum Gasteiger partial charge on any atom is -0.368 e. The Morgan fingerprint density at radius 3 is 2.97 bits per heavy atom. The zero-order valence-electron chi connectivity index (χ0n) is 16.8. The lowest BCUT2D eigenvalue weighted by Gasteiger charge is -2.09. The SMILES string of the molecule is O=C1N/C(=C\c2cnn3c(NC4CC4)cc(-c4ccc(C(=O)NCCF)s4)nc23)C(O)N1. The molecular weight excluding hydrogens is 437 g/mol. The van der Waals surface area contributed by atoms with Crippen LogP contribution in [0.3, 0.4) is 0 Å². The molecule has 2 aliphatic rings. The molecule has 1 unspecified atom stereocenters. The summed E-state index contributed by atoms with van der Waals surface area (Å²) in [6, 6.07) is 5.24. The van der Waals surface area contributed by atoms with Crippen LogP contribution in [0, 0.1) is 0 Å². The molecule has 0 spiro atoms. The number of nitrogens with one attached hydrogen (secondary N) is 4. The highest BCUT2D eigenvalue weighted by Gasteiger charge is 2.26. The first-order valence-electron chi connectivity index (χ1n) is 10.1. The summed E-state index contributed by atoms with van der Waals surface area (Å²) < 4.78 is 14.0. The number of hydrogen-bond acceptors (Lipinski definition) is 7. The number of halogens is 1. The molecule has 1 atom stereocenters. The van der Waals surface area contributed by atoms with E-state index in [1.165, 1.54) is 11.3 Å². The average molecular weight is 457 g/mol. The normalized spacial score (nSPS) is 19.2. The summed E-state index contributed by atoms with van der Waals surface area (Å²) >= 11 is 1.26. The highest BCUT2D eigenvalue weighted by atomic mass is 32.1. The molecule has 32 heavy (non-hydrogen) atoms. The smallest absolute Gasteiger partial charge is 0.321 e. The van der Waals surface area contributed by atoms with Gasteiger partial charge in [0.05, 0.1) is 27.3 Å². The maximum absolute atomic E-state index is 12.4. The van der Waals surface area contributed by atoms with Crippen molar-refractivity contribution in [2.75, 3.05) is 18.5 Å². The third-order valence-electron chi connectivity index (χ3n) is 5.02. The van der Waals surface area contributed by atoms with Gasteiger partial charge in [-0.15, -0.1) is 11.3 Å². The molecule has 1 saturated heterocycles. The third kappa shape index (κ3) is 4.01. The van der Waals surface area contributed by atoms with Crippen LogP contribution in [0.2, 0.25) is 0 Å². The summed E-state index contributed by atoms with van der Waals surface area (Å²) in [6.07, 6.45) is 4.23. The van der Waals surface area contributed by atoms with Crippen molar-refractivity contribution in [1.82, 2.24) is 30.5 Å². The summed E-state index contributed by atoms with van der Waals surface area (Å²) in [5, 5.41) is 25.3. The second kappa shape index (κ2) is 8.20. The van der Waals surface area contributed by atoms with E-state index in [1.54, 1.807) is 28.9 Å². The molecule has 4 heterocycles. The predicted octanol–water partition coefficient (Wildman–Crippen LogP) is 1.70. The number of aromatic nitrogens is 3. The van der Waals surface area contributed by atoms with Gasteiger partial charge < -0.3 is 26.4 Å². The van der Waals surface area contributed by atoms with E-state index < -0.39 is 18.9 Å². The number of aliphatic hydroxyl groups is 1. The first-order valence-corrected chi connectivity index (χ1v) is 10.9. The Morgan fingerprint density at radius 1 is 1.41 bits per heavy atom. The molecular formula is C20H20FN7O3S. The molecule has 0 bridgehead atoms. The minimum absolute atomic E-state index is 0.0309. The Labute approximate surface area is 185 Å². The maximum atomic E-state index is 12.4. The van der Waals surface area contributed by atoms with Gasteiger partial charge in [0.15, 0.2) is 11.9 Å². The second-order valence-corrected chi connectivity index (χ2v) is 8.57. The number of urea groups is 1. The molecule has 0 aromatic carbocycles. The van der Waals surface area contributed by atoms with E-state index in [2.05, 4.69) is 26.4 Å². The molecule has 166 valence electrons. The van der Waals surface area contributed by atoms with Gasteiger partial charge in [0.25, 0.3) is 5.91 Å². The Balaban J connectivity index is 1.54. The van der Waals surface area contributed by atoms with Crippen molar-refractivity contribution in [3.63, 3.8) is 0 Å². The van der Waals surface area contributed by atoms with Crippen LogP contribution < -0.4 is 21.3 Å². The van der Waals surface area contributed by atoms with Crippen LogP contribution in [0.5, 0.6) is 0 Å². The van der Waals surface area contributed by atoms with Crippen LogP contribution in [0.4, 0.5) is 15.0 Å². The summed E-state index contributed by atoms with van der Waals surface area (Å²) in [7, 11) is 0. The number of carbonyl (C=O) groups is 2. The Hall–Kier alpha value is -3.51. The summed E-state index contributed by atoms with van der Waals surface area (Å²) in [6.45, 7) is -0.653. The van der Waals surface area contributed by atoms with E-state index in [0.717, 1.165) is 23.5 Å². The molecule has 1 saturated carbocycles. The number of aliphatic hydroxyl groups excluding tert-OH is 1. The highest BCUT2D eigenvalue weighted by molar-refractivity contribution is 7.17. The summed E-state index contributed by atoms with van der Waals surface area (Å²) in [5.74, 6) is 0.424. The quantitative estimate of drug-likeness (QED) is 0.367. The van der Waals surface area contributed by atoms with E-state index in [0.29, 0.717) is 33.5 Å². The van der Waals surface area contributed by atoms with Gasteiger partial charge in [-0.05, 0) is 31.1 Å². The van der Waals surface area contributed by atoms with Crippen LogP contribution in [0.25, 0.3) is 22.3 Å². The number of thiophene rings is 1. The molecule has 12 heteroatoms. The van der Waals surface area contributed by atoms with E-state index in [9.17, 15) is 19.1 Å². The maximum Gasteiger partial charge on any atom is 0.321 e. The zero-order chi connectivity index (χ0) is 22.2. The number of fused-ring (bicyclic) bond motifs is 1. The van der Waals surface area contributed by atoms with E-state index in [-0.39, 0.29) is 12.5 Å². The van der Waals surface area contributed by atoms with E-state index >= 15 is 0 Å². The van der Waals surface area contributed by atoms with Crippen molar-refractivity contribution < 1.29 is 19.1 Å². The average Bonchev–Trinajstić information content (AvgIpc) is 3.16. The molecule has 5 N–H and O–H groups in total. The standard InChI is InChI=1S/C20H20FN7O3S/c21-5-6-22-19(30)15-4-3-14(32-15)12-8-16(24-11-1-2-11)28-17(25-12)10(9-23-28)7-13-18(29)27-20(31)26-13/h3-4,7-9,11,18,24,29H,1-2,5-6H2,(H,22,30)(H2,26,27,31)/b13-7-. The van der Waals surface area contributed by atoms with Gasteiger partial charge in [-0.3, -0.25) is 4.79 Å². The number of amides is 3. The van der Waals surface area contributed by atoms with E-state index in [4.69, 9.17) is 4.98 Å². The molecule has 5 rings (SSSR count). The van der Waals surface area contributed by atoms with Gasteiger partial charge >= 0.3 is 6.03 Å². The van der Waals surface area contributed by atoms with Crippen molar-refractivity contribution in [3.8, 4) is 10.6 Å². The lowest BCUT2D eigenvalue weighted by molar-refractivity contribution is 0.0955. The zero-order valence-corrected chi connectivity index (χ0v) is 17.6. The van der Waals surface area contributed by atoms with Gasteiger partial charge in [0, 0.05) is 24.2 Å². The largest absolute Gasteiger partial charge is 0.368 e. The molecule has 1 aliphatic heterocycles. The molecule has 3 amide bonds. The number of carbonyl (C=O) groups excluding carboxylic acids is 2. The van der Waals surface area contributed by atoms with Crippen molar-refractivity contribution >= 4 is 40.8 Å². The number of hydrogen-bond donors (Lipinski definition) is 5. The highest BCUT2D eigenvalue weighted by Crippen LogP contribution is 2.32. The molecule has 3 aromatic heterocycles. The molecule has 0 radical (unpaired) electrons. The fourth-order valence-corrected chi connectivity index (χ4v) is 4.20. The van der Waals surface area contributed by atoms with Gasteiger partial charge in [-0.1, -0.05) is 0 Å². The van der Waals surface area contributed by atoms with Crippen LogP contribution in [0.15, 0.2) is 30.1 Å². The van der Waals surface area contributed by atoms with Crippen molar-refractivity contribution in [3.05, 3.63) is 40.5 Å². The molecule has 1 aliphatic carbocycles. The van der Waals surface area contributed by atoms with Crippen LogP contribution >= 0.6 is 11.3 Å². The van der Waals surface area contributed by atoms with Crippen molar-refractivity contribution in [1.29, 1.82) is 0 Å². The van der Waals surface area contributed by atoms with Crippen molar-refractivity contribution in [2.24, 2.45) is 0 Å². The molecule has 3 aromatic rings. The first-order chi connectivity index (χ1) is 15.5. The fourth-order valence-electron chi connectivity index (χ4n) is 3.31. The van der Waals surface area contributed by atoms with Crippen LogP contribution in [-0.2, 0) is 0 Å². The minimum atomic E-state index is -1.13. The third-order valence-corrected chi connectivity index (χ3v) is 6.13. The van der Waals surface area contributed by atoms with Gasteiger partial charge in [-0.2, -0.15) is 9.61 Å². The fraction of sp³-hybridized carbons (Fsp3) is 0.300. The van der Waals surface area contributed by atoms with Crippen molar-refractivity contribution in [2.45, 2.75) is 25.1 Å². The number of rotatable bonds is 7. The number of alkyl halides is 1. The van der Waals surface area contributed by atoms with Gasteiger partial charge in [0.2, 0.25) is 0 Å². The number of nitrogens with zero attached hydrogens (tertiary/aromatic N) is 3. The van der Waals surface area contributed by atoms with E-state index in [1.807, 2.05) is 6.07 Å².